The van der Waals surface area contributed by atoms with Crippen LogP contribution < -0.4 is 10.8 Å². The minimum absolute atomic E-state index is 0.0532. The lowest BCUT2D eigenvalue weighted by atomic mass is 9.91. The highest BCUT2D eigenvalue weighted by Crippen LogP contribution is 2.48. The zero-order chi connectivity index (χ0) is 24.7. The number of aryl methyl sites for hydroxylation is 1. The molecule has 2 aromatic carbocycles. The van der Waals surface area contributed by atoms with Crippen molar-refractivity contribution in [3.63, 3.8) is 0 Å². The summed E-state index contributed by atoms with van der Waals surface area (Å²) in [5, 5.41) is 4.67. The van der Waals surface area contributed by atoms with Gasteiger partial charge in [0.2, 0.25) is 5.60 Å². The van der Waals surface area contributed by atoms with Gasteiger partial charge in [0.1, 0.15) is 0 Å². The van der Waals surface area contributed by atoms with Gasteiger partial charge in [0.15, 0.2) is 0 Å². The van der Waals surface area contributed by atoms with E-state index in [1.54, 1.807) is 30.2 Å². The van der Waals surface area contributed by atoms with Crippen LogP contribution in [0.3, 0.4) is 0 Å². The van der Waals surface area contributed by atoms with Crippen LogP contribution in [0.2, 0.25) is 10.0 Å². The SMILES string of the molecule is Cc1cc(C2=CC(c3cc(Cl)cc(Cl)c3)(C(F)(F)F)ON2)ccc1C(=O)NCC1CCN(C)O1. The van der Waals surface area contributed by atoms with Crippen LogP contribution in [0, 0.1) is 6.92 Å². The van der Waals surface area contributed by atoms with E-state index in [4.69, 9.17) is 32.9 Å². The lowest BCUT2D eigenvalue weighted by Crippen LogP contribution is -2.42. The Kier molecular flexibility index (Phi) is 6.85. The Bertz CT molecular complexity index is 1120. The zero-order valence-corrected chi connectivity index (χ0v) is 19.8. The van der Waals surface area contributed by atoms with Crippen LogP contribution in [0.1, 0.15) is 33.5 Å². The molecule has 0 aromatic heterocycles. The van der Waals surface area contributed by atoms with E-state index in [2.05, 4.69) is 10.8 Å². The fraction of sp³-hybridized carbons (Fsp3) is 0.348. The summed E-state index contributed by atoms with van der Waals surface area (Å²) in [6, 6.07) is 8.40. The van der Waals surface area contributed by atoms with Crippen molar-refractivity contribution in [2.24, 2.45) is 0 Å². The second kappa shape index (κ2) is 9.39. The summed E-state index contributed by atoms with van der Waals surface area (Å²) in [7, 11) is 1.83. The molecule has 1 fully saturated rings. The Morgan fingerprint density at radius 1 is 1.24 bits per heavy atom. The third kappa shape index (κ3) is 4.89. The lowest BCUT2D eigenvalue weighted by Gasteiger charge is -2.28. The van der Waals surface area contributed by atoms with Crippen LogP contribution >= 0.6 is 23.2 Å². The van der Waals surface area contributed by atoms with Crippen LogP contribution in [-0.2, 0) is 15.3 Å². The number of halogens is 5. The molecule has 6 nitrogen and oxygen atoms in total. The van der Waals surface area contributed by atoms with E-state index >= 15 is 0 Å². The van der Waals surface area contributed by atoms with Gasteiger partial charge in [0.25, 0.3) is 5.91 Å². The van der Waals surface area contributed by atoms with Crippen molar-refractivity contribution in [3.8, 4) is 0 Å². The van der Waals surface area contributed by atoms with Gasteiger partial charge in [-0.15, -0.1) is 0 Å². The Morgan fingerprint density at radius 2 is 1.94 bits per heavy atom. The summed E-state index contributed by atoms with van der Waals surface area (Å²) in [6.07, 6.45) is -3.14. The normalized spacial score (nSPS) is 23.0. The van der Waals surface area contributed by atoms with Crippen molar-refractivity contribution in [2.45, 2.75) is 31.2 Å². The number of nitrogens with zero attached hydrogens (tertiary/aromatic N) is 1. The Hall–Kier alpha value is -2.30. The van der Waals surface area contributed by atoms with Gasteiger partial charge in [0, 0.05) is 41.3 Å². The molecule has 0 spiro atoms. The predicted molar refractivity (Wildman–Crippen MR) is 122 cm³/mol. The zero-order valence-electron chi connectivity index (χ0n) is 18.3. The first-order valence-corrected chi connectivity index (χ1v) is 11.2. The van der Waals surface area contributed by atoms with Gasteiger partial charge in [-0.2, -0.15) is 18.2 Å². The topological polar surface area (TPSA) is 62.8 Å². The quantitative estimate of drug-likeness (QED) is 0.586. The second-order valence-electron chi connectivity index (χ2n) is 8.26. The highest BCUT2D eigenvalue weighted by Gasteiger charge is 2.59. The fourth-order valence-electron chi connectivity index (χ4n) is 3.97. The van der Waals surface area contributed by atoms with Crippen molar-refractivity contribution >= 4 is 34.8 Å². The molecule has 34 heavy (non-hydrogen) atoms. The molecule has 1 amide bonds. The number of carbonyl (C=O) groups is 1. The molecule has 0 aliphatic carbocycles. The fourth-order valence-corrected chi connectivity index (χ4v) is 4.49. The maximum Gasteiger partial charge on any atom is 0.428 e. The summed E-state index contributed by atoms with van der Waals surface area (Å²) < 4.78 is 42.5. The van der Waals surface area contributed by atoms with Crippen LogP contribution in [0.5, 0.6) is 0 Å². The first kappa shape index (κ1) is 24.8. The average Bonchev–Trinajstić information content (AvgIpc) is 3.38. The molecular formula is C23H22Cl2F3N3O3. The van der Waals surface area contributed by atoms with E-state index in [0.717, 1.165) is 31.2 Å². The first-order valence-electron chi connectivity index (χ1n) is 10.5. The van der Waals surface area contributed by atoms with E-state index < -0.39 is 11.8 Å². The van der Waals surface area contributed by atoms with E-state index in [1.165, 1.54) is 6.07 Å². The number of alkyl halides is 3. The number of hydrogen-bond acceptors (Lipinski definition) is 5. The molecule has 0 saturated carbocycles. The van der Waals surface area contributed by atoms with Gasteiger partial charge in [-0.05, 0) is 60.9 Å². The average molecular weight is 516 g/mol. The van der Waals surface area contributed by atoms with Crippen LogP contribution in [0.25, 0.3) is 5.70 Å². The standard InChI is InChI=1S/C23H22Cl2F3N3O3/c1-13-7-14(3-4-19(13)21(32)29-12-18-5-6-31(2)33-18)20-11-22(34-30-20,23(26,27)28)15-8-16(24)10-17(25)9-15/h3-4,7-11,18,30H,5-6,12H2,1-2H3,(H,29,32). The maximum absolute atomic E-state index is 14.2. The van der Waals surface area contributed by atoms with Gasteiger partial charge < -0.3 is 5.32 Å². The van der Waals surface area contributed by atoms with Crippen molar-refractivity contribution in [3.05, 3.63) is 74.8 Å². The molecule has 0 bridgehead atoms. The van der Waals surface area contributed by atoms with Gasteiger partial charge in [-0.25, -0.2) is 0 Å². The molecule has 2 atom stereocenters. The maximum atomic E-state index is 14.2. The Labute approximate surface area is 204 Å². The Balaban J connectivity index is 1.58. The summed E-state index contributed by atoms with van der Waals surface area (Å²) in [6.45, 7) is 2.86. The lowest BCUT2D eigenvalue weighted by molar-refractivity contribution is -0.269. The number of rotatable bonds is 5. The van der Waals surface area contributed by atoms with Crippen LogP contribution in [0.4, 0.5) is 13.2 Å². The molecule has 11 heteroatoms. The largest absolute Gasteiger partial charge is 0.428 e. The molecule has 2 aromatic rings. The molecule has 2 unspecified atom stereocenters. The predicted octanol–water partition coefficient (Wildman–Crippen LogP) is 5.00. The highest BCUT2D eigenvalue weighted by molar-refractivity contribution is 6.34. The van der Waals surface area contributed by atoms with Crippen LogP contribution in [-0.4, -0.2) is 43.4 Å². The summed E-state index contributed by atoms with van der Waals surface area (Å²) >= 11 is 11.9. The smallest absolute Gasteiger partial charge is 0.349 e. The number of hydrogen-bond donors (Lipinski definition) is 2. The van der Waals surface area contributed by atoms with E-state index in [0.29, 0.717) is 23.2 Å². The number of benzene rings is 2. The summed E-state index contributed by atoms with van der Waals surface area (Å²) in [5.41, 5.74) is 0.882. The molecule has 4 rings (SSSR count). The summed E-state index contributed by atoms with van der Waals surface area (Å²) in [4.78, 5) is 23.3. The van der Waals surface area contributed by atoms with Gasteiger partial charge in [-0.1, -0.05) is 29.3 Å². The van der Waals surface area contributed by atoms with E-state index in [1.807, 2.05) is 7.05 Å². The van der Waals surface area contributed by atoms with Gasteiger partial charge >= 0.3 is 6.18 Å². The van der Waals surface area contributed by atoms with Gasteiger partial charge in [0.05, 0.1) is 11.8 Å². The molecule has 0 radical (unpaired) electrons. The minimum Gasteiger partial charge on any atom is -0.349 e. The van der Waals surface area contributed by atoms with E-state index in [9.17, 15) is 18.0 Å². The highest BCUT2D eigenvalue weighted by atomic mass is 35.5. The monoisotopic (exact) mass is 515 g/mol. The molecule has 2 heterocycles. The van der Waals surface area contributed by atoms with E-state index in [-0.39, 0.29) is 33.3 Å². The number of nitrogens with one attached hydrogen (secondary N) is 2. The van der Waals surface area contributed by atoms with Crippen molar-refractivity contribution in [1.82, 2.24) is 15.9 Å². The number of carbonyl (C=O) groups excluding carboxylic acids is 1. The van der Waals surface area contributed by atoms with Crippen molar-refractivity contribution in [1.29, 1.82) is 0 Å². The second-order valence-corrected chi connectivity index (χ2v) is 9.13. The van der Waals surface area contributed by atoms with Crippen molar-refractivity contribution < 1.29 is 27.6 Å². The molecule has 2 N–H and O–H groups in total. The third-order valence-electron chi connectivity index (χ3n) is 5.75. The van der Waals surface area contributed by atoms with Crippen LogP contribution in [0.15, 0.2) is 42.5 Å². The summed E-state index contributed by atoms with van der Waals surface area (Å²) in [5.74, 6) is -0.287. The third-order valence-corrected chi connectivity index (χ3v) is 6.19. The van der Waals surface area contributed by atoms with Gasteiger partial charge in [-0.3, -0.25) is 19.9 Å². The number of amides is 1. The molecule has 1 saturated heterocycles. The number of hydroxylamine groups is 3. The molecule has 2 aliphatic rings. The van der Waals surface area contributed by atoms with Crippen molar-refractivity contribution in [2.75, 3.05) is 20.1 Å². The Morgan fingerprint density at radius 3 is 2.53 bits per heavy atom. The minimum atomic E-state index is -4.80. The first-order chi connectivity index (χ1) is 16.0. The molecule has 2 aliphatic heterocycles. The molecular weight excluding hydrogens is 494 g/mol. The molecule has 182 valence electrons.